The highest BCUT2D eigenvalue weighted by Gasteiger charge is 2.11. The van der Waals surface area contributed by atoms with E-state index in [4.69, 9.17) is 11.6 Å². The van der Waals surface area contributed by atoms with Gasteiger partial charge in [0.2, 0.25) is 5.91 Å². The first-order valence-electron chi connectivity index (χ1n) is 6.51. The summed E-state index contributed by atoms with van der Waals surface area (Å²) >= 11 is 7.60. The van der Waals surface area contributed by atoms with Crippen LogP contribution in [0.25, 0.3) is 4.96 Å². The zero-order valence-electron chi connectivity index (χ0n) is 11.7. The van der Waals surface area contributed by atoms with Crippen molar-refractivity contribution in [3.05, 3.63) is 51.7 Å². The van der Waals surface area contributed by atoms with E-state index in [1.54, 1.807) is 6.07 Å². The van der Waals surface area contributed by atoms with Crippen LogP contribution in [0, 0.1) is 13.8 Å². The quantitative estimate of drug-likeness (QED) is 0.797. The molecule has 0 radical (unpaired) electrons. The van der Waals surface area contributed by atoms with Gasteiger partial charge >= 0.3 is 0 Å². The van der Waals surface area contributed by atoms with E-state index >= 15 is 0 Å². The summed E-state index contributed by atoms with van der Waals surface area (Å²) in [6.07, 6.45) is 2.25. The number of aromatic nitrogens is 2. The van der Waals surface area contributed by atoms with E-state index in [0.29, 0.717) is 17.1 Å². The first kappa shape index (κ1) is 14.1. The smallest absolute Gasteiger partial charge is 0.230 e. The largest absolute Gasteiger partial charge is 0.326 e. The lowest BCUT2D eigenvalue weighted by Gasteiger charge is -2.06. The normalized spacial score (nSPS) is 11.0. The Morgan fingerprint density at radius 1 is 1.43 bits per heavy atom. The molecule has 0 aliphatic heterocycles. The van der Waals surface area contributed by atoms with Gasteiger partial charge in [0.15, 0.2) is 4.96 Å². The van der Waals surface area contributed by atoms with E-state index in [1.807, 2.05) is 42.0 Å². The van der Waals surface area contributed by atoms with Gasteiger partial charge < -0.3 is 5.32 Å². The number of nitrogens with one attached hydrogen (secondary N) is 1. The fraction of sp³-hybridized carbons (Fsp3) is 0.200. The van der Waals surface area contributed by atoms with Crippen LogP contribution < -0.4 is 5.32 Å². The summed E-state index contributed by atoms with van der Waals surface area (Å²) in [7, 11) is 0. The molecule has 2 heterocycles. The minimum atomic E-state index is -0.0685. The molecule has 0 atom stereocenters. The fourth-order valence-corrected chi connectivity index (χ4v) is 3.21. The number of carbonyl (C=O) groups is 1. The number of hydrogen-bond acceptors (Lipinski definition) is 3. The maximum atomic E-state index is 12.1. The number of amides is 1. The van der Waals surface area contributed by atoms with Gasteiger partial charge in [-0.05, 0) is 31.5 Å². The van der Waals surface area contributed by atoms with Gasteiger partial charge in [0.1, 0.15) is 0 Å². The van der Waals surface area contributed by atoms with Crippen molar-refractivity contribution in [2.75, 3.05) is 5.32 Å². The summed E-state index contributed by atoms with van der Waals surface area (Å²) in [6, 6.07) is 5.50. The van der Waals surface area contributed by atoms with Crippen molar-refractivity contribution in [3.8, 4) is 0 Å². The van der Waals surface area contributed by atoms with Gasteiger partial charge in [0, 0.05) is 28.0 Å². The van der Waals surface area contributed by atoms with Gasteiger partial charge in [-0.25, -0.2) is 4.98 Å². The fourth-order valence-electron chi connectivity index (χ4n) is 2.11. The van der Waals surface area contributed by atoms with Gasteiger partial charge in [-0.15, -0.1) is 11.3 Å². The first-order chi connectivity index (χ1) is 10.0. The third-order valence-electron chi connectivity index (χ3n) is 3.20. The molecule has 0 saturated carbocycles. The molecule has 1 amide bonds. The number of benzene rings is 1. The standard InChI is InChI=1S/C15H14ClN3OS/c1-9-3-4-11(5-13(9)16)18-14(20)6-12-8-21-15-17-10(2)7-19(12)15/h3-5,7-8H,6H2,1-2H3,(H,18,20). The highest BCUT2D eigenvalue weighted by Crippen LogP contribution is 2.21. The Labute approximate surface area is 131 Å². The van der Waals surface area contributed by atoms with Crippen molar-refractivity contribution < 1.29 is 4.79 Å². The zero-order valence-corrected chi connectivity index (χ0v) is 13.3. The predicted molar refractivity (Wildman–Crippen MR) is 86.3 cm³/mol. The summed E-state index contributed by atoms with van der Waals surface area (Å²) in [5.41, 5.74) is 3.59. The van der Waals surface area contributed by atoms with E-state index in [9.17, 15) is 4.79 Å². The van der Waals surface area contributed by atoms with Crippen LogP contribution in [0.2, 0.25) is 5.02 Å². The van der Waals surface area contributed by atoms with E-state index in [-0.39, 0.29) is 5.91 Å². The molecule has 1 N–H and O–H groups in total. The molecule has 0 unspecified atom stereocenters. The highest BCUT2D eigenvalue weighted by atomic mass is 35.5. The van der Waals surface area contributed by atoms with Crippen molar-refractivity contribution in [3.63, 3.8) is 0 Å². The van der Waals surface area contributed by atoms with Crippen LogP contribution in [0.5, 0.6) is 0 Å². The van der Waals surface area contributed by atoms with E-state index in [0.717, 1.165) is 21.9 Å². The Hall–Kier alpha value is -1.85. The number of hydrogen-bond donors (Lipinski definition) is 1. The molecule has 0 bridgehead atoms. The summed E-state index contributed by atoms with van der Waals surface area (Å²) in [5, 5.41) is 5.48. The van der Waals surface area contributed by atoms with Crippen LogP contribution in [0.3, 0.4) is 0 Å². The molecule has 4 nitrogen and oxygen atoms in total. The number of anilines is 1. The highest BCUT2D eigenvalue weighted by molar-refractivity contribution is 7.15. The van der Waals surface area contributed by atoms with E-state index in [2.05, 4.69) is 10.3 Å². The Balaban J connectivity index is 1.75. The van der Waals surface area contributed by atoms with Crippen LogP contribution in [-0.4, -0.2) is 15.3 Å². The number of imidazole rings is 1. The maximum Gasteiger partial charge on any atom is 0.230 e. The second-order valence-electron chi connectivity index (χ2n) is 4.95. The molecule has 0 spiro atoms. The molecule has 3 rings (SSSR count). The molecule has 108 valence electrons. The van der Waals surface area contributed by atoms with Crippen LogP contribution in [0.4, 0.5) is 5.69 Å². The lowest BCUT2D eigenvalue weighted by atomic mass is 10.2. The van der Waals surface area contributed by atoms with Crippen molar-refractivity contribution in [2.24, 2.45) is 0 Å². The second-order valence-corrected chi connectivity index (χ2v) is 6.19. The van der Waals surface area contributed by atoms with Crippen molar-refractivity contribution in [1.29, 1.82) is 0 Å². The third kappa shape index (κ3) is 2.94. The van der Waals surface area contributed by atoms with Crippen LogP contribution in [-0.2, 0) is 11.2 Å². The molecular weight excluding hydrogens is 306 g/mol. The number of aryl methyl sites for hydroxylation is 2. The van der Waals surface area contributed by atoms with Crippen LogP contribution in [0.1, 0.15) is 17.0 Å². The van der Waals surface area contributed by atoms with Crippen molar-refractivity contribution in [2.45, 2.75) is 20.3 Å². The van der Waals surface area contributed by atoms with Gasteiger partial charge in [-0.1, -0.05) is 17.7 Å². The third-order valence-corrected chi connectivity index (χ3v) is 4.50. The lowest BCUT2D eigenvalue weighted by molar-refractivity contribution is -0.115. The Kier molecular flexibility index (Phi) is 3.69. The number of rotatable bonds is 3. The number of nitrogens with zero attached hydrogens (tertiary/aromatic N) is 2. The summed E-state index contributed by atoms with van der Waals surface area (Å²) in [6.45, 7) is 3.87. The average Bonchev–Trinajstić information content (AvgIpc) is 2.95. The average molecular weight is 320 g/mol. The number of halogens is 1. The molecule has 3 aromatic rings. The monoisotopic (exact) mass is 319 g/mol. The SMILES string of the molecule is Cc1cn2c(CC(=O)Nc3ccc(C)c(Cl)c3)csc2n1. The number of fused-ring (bicyclic) bond motifs is 1. The van der Waals surface area contributed by atoms with Crippen LogP contribution in [0.15, 0.2) is 29.8 Å². The van der Waals surface area contributed by atoms with Crippen molar-refractivity contribution >= 4 is 39.5 Å². The molecule has 0 aliphatic carbocycles. The summed E-state index contributed by atoms with van der Waals surface area (Å²) in [5.74, 6) is -0.0685. The van der Waals surface area contributed by atoms with Gasteiger partial charge in [-0.3, -0.25) is 9.20 Å². The number of carbonyl (C=O) groups excluding carboxylic acids is 1. The maximum absolute atomic E-state index is 12.1. The minimum Gasteiger partial charge on any atom is -0.326 e. The predicted octanol–water partition coefficient (Wildman–Crippen LogP) is 3.85. The molecule has 0 aliphatic rings. The Morgan fingerprint density at radius 3 is 3.00 bits per heavy atom. The van der Waals surface area contributed by atoms with Crippen LogP contribution >= 0.6 is 22.9 Å². The molecule has 0 fully saturated rings. The Morgan fingerprint density at radius 2 is 2.24 bits per heavy atom. The second kappa shape index (κ2) is 5.50. The topological polar surface area (TPSA) is 46.4 Å². The molecule has 0 saturated heterocycles. The van der Waals surface area contributed by atoms with Gasteiger partial charge in [0.25, 0.3) is 0 Å². The zero-order chi connectivity index (χ0) is 15.0. The first-order valence-corrected chi connectivity index (χ1v) is 7.77. The van der Waals surface area contributed by atoms with E-state index < -0.39 is 0 Å². The van der Waals surface area contributed by atoms with Gasteiger partial charge in [0.05, 0.1) is 12.1 Å². The molecule has 6 heteroatoms. The summed E-state index contributed by atoms with van der Waals surface area (Å²) in [4.78, 5) is 17.4. The molecule has 2 aromatic heterocycles. The summed E-state index contributed by atoms with van der Waals surface area (Å²) < 4.78 is 1.96. The van der Waals surface area contributed by atoms with E-state index in [1.165, 1.54) is 11.3 Å². The molecule has 1 aromatic carbocycles. The van der Waals surface area contributed by atoms with Crippen molar-refractivity contribution in [1.82, 2.24) is 9.38 Å². The number of thiazole rings is 1. The molecular formula is C15H14ClN3OS. The lowest BCUT2D eigenvalue weighted by Crippen LogP contribution is -2.15. The minimum absolute atomic E-state index is 0.0685. The van der Waals surface area contributed by atoms with Gasteiger partial charge in [-0.2, -0.15) is 0 Å². The Bertz CT molecular complexity index is 822. The molecule has 21 heavy (non-hydrogen) atoms.